The Morgan fingerprint density at radius 3 is 2.60 bits per heavy atom. The summed E-state index contributed by atoms with van der Waals surface area (Å²) in [4.78, 5) is 6.78. The molecular weight excluding hydrogens is 400 g/mol. The number of aryl methyl sites for hydroxylation is 1. The van der Waals surface area contributed by atoms with Gasteiger partial charge in [-0.1, -0.05) is 34.6 Å². The molecule has 0 amide bonds. The number of furan rings is 1. The number of thioether (sulfide) groups is 1. The standard InChI is InChI=1S/C21H22N6O2S/c1-14-7-9-16(10-8-14)27-20(26-11-3-4-12-26)23-24-21(27)30-15(2)19-22-18(25-29-19)17-6-5-13-28-17/h5-10,13,15H,3-4,11-12H2,1-2H3/t15-/m1/s1. The Morgan fingerprint density at radius 2 is 1.87 bits per heavy atom. The molecule has 0 spiro atoms. The van der Waals surface area contributed by atoms with Gasteiger partial charge in [-0.05, 0) is 51.0 Å². The molecule has 3 aromatic heterocycles. The summed E-state index contributed by atoms with van der Waals surface area (Å²) in [5, 5.41) is 13.8. The lowest BCUT2D eigenvalue weighted by Gasteiger charge is -2.19. The average Bonchev–Trinajstić information content (AvgIpc) is 3.55. The maximum absolute atomic E-state index is 5.48. The fraction of sp³-hybridized carbons (Fsp3) is 0.333. The van der Waals surface area contributed by atoms with Crippen LogP contribution < -0.4 is 4.90 Å². The molecule has 0 bridgehead atoms. The molecule has 1 fully saturated rings. The number of aromatic nitrogens is 5. The summed E-state index contributed by atoms with van der Waals surface area (Å²) < 4.78 is 13.0. The van der Waals surface area contributed by atoms with Crippen LogP contribution in [0.2, 0.25) is 0 Å². The van der Waals surface area contributed by atoms with Gasteiger partial charge in [-0.25, -0.2) is 0 Å². The number of benzene rings is 1. The molecule has 1 aliphatic rings. The van der Waals surface area contributed by atoms with E-state index in [4.69, 9.17) is 8.94 Å². The molecule has 1 aliphatic heterocycles. The molecule has 4 aromatic rings. The van der Waals surface area contributed by atoms with Gasteiger partial charge in [0.2, 0.25) is 17.7 Å². The summed E-state index contributed by atoms with van der Waals surface area (Å²) >= 11 is 1.55. The van der Waals surface area contributed by atoms with Gasteiger partial charge < -0.3 is 13.8 Å². The first-order chi connectivity index (χ1) is 14.7. The summed E-state index contributed by atoms with van der Waals surface area (Å²) in [6.45, 7) is 6.11. The van der Waals surface area contributed by atoms with Crippen molar-refractivity contribution in [1.29, 1.82) is 0 Å². The van der Waals surface area contributed by atoms with Gasteiger partial charge in [0.1, 0.15) is 0 Å². The molecule has 1 aromatic carbocycles. The number of hydrogen-bond acceptors (Lipinski definition) is 8. The Kier molecular flexibility index (Phi) is 5.04. The molecule has 8 nitrogen and oxygen atoms in total. The van der Waals surface area contributed by atoms with E-state index in [-0.39, 0.29) is 5.25 Å². The lowest BCUT2D eigenvalue weighted by atomic mass is 10.2. The van der Waals surface area contributed by atoms with E-state index in [1.807, 2.05) is 13.0 Å². The third-order valence-electron chi connectivity index (χ3n) is 5.11. The van der Waals surface area contributed by atoms with Crippen molar-refractivity contribution in [3.8, 4) is 17.3 Å². The highest BCUT2D eigenvalue weighted by Gasteiger charge is 2.25. The van der Waals surface area contributed by atoms with E-state index >= 15 is 0 Å². The predicted octanol–water partition coefficient (Wildman–Crippen LogP) is 4.67. The normalized spacial score (nSPS) is 15.1. The first kappa shape index (κ1) is 18.9. The average molecular weight is 423 g/mol. The molecule has 0 N–H and O–H groups in total. The molecule has 9 heteroatoms. The van der Waals surface area contributed by atoms with Gasteiger partial charge in [-0.15, -0.1) is 10.2 Å². The minimum absolute atomic E-state index is 0.0963. The lowest BCUT2D eigenvalue weighted by molar-refractivity contribution is 0.379. The zero-order chi connectivity index (χ0) is 20.5. The maximum atomic E-state index is 5.48. The molecule has 30 heavy (non-hydrogen) atoms. The minimum Gasteiger partial charge on any atom is -0.461 e. The third kappa shape index (κ3) is 3.60. The van der Waals surface area contributed by atoms with E-state index in [9.17, 15) is 0 Å². The smallest absolute Gasteiger partial charge is 0.240 e. The van der Waals surface area contributed by atoms with Crippen LogP contribution in [0.15, 0.2) is 56.8 Å². The van der Waals surface area contributed by atoms with Crippen LogP contribution in [0.4, 0.5) is 5.95 Å². The monoisotopic (exact) mass is 422 g/mol. The van der Waals surface area contributed by atoms with Crippen molar-refractivity contribution >= 4 is 17.7 Å². The molecule has 4 heterocycles. The zero-order valence-corrected chi connectivity index (χ0v) is 17.7. The van der Waals surface area contributed by atoms with Crippen molar-refractivity contribution in [2.75, 3.05) is 18.0 Å². The van der Waals surface area contributed by atoms with Crippen LogP contribution in [0.1, 0.15) is 36.5 Å². The molecule has 1 atom stereocenters. The van der Waals surface area contributed by atoms with Gasteiger partial charge in [0, 0.05) is 13.1 Å². The summed E-state index contributed by atoms with van der Waals surface area (Å²) in [6.07, 6.45) is 3.95. The highest BCUT2D eigenvalue weighted by Crippen LogP contribution is 2.37. The Morgan fingerprint density at radius 1 is 1.07 bits per heavy atom. The topological polar surface area (TPSA) is 86.0 Å². The Hall–Kier alpha value is -3.07. The highest BCUT2D eigenvalue weighted by molar-refractivity contribution is 7.99. The van der Waals surface area contributed by atoms with Gasteiger partial charge in [-0.3, -0.25) is 4.57 Å². The Balaban J connectivity index is 1.45. The van der Waals surface area contributed by atoms with Crippen molar-refractivity contribution in [3.05, 3.63) is 54.1 Å². The number of rotatable bonds is 6. The maximum Gasteiger partial charge on any atom is 0.240 e. The predicted molar refractivity (Wildman–Crippen MR) is 114 cm³/mol. The van der Waals surface area contributed by atoms with Gasteiger partial charge in [-0.2, -0.15) is 4.98 Å². The SMILES string of the molecule is Cc1ccc(-n2c(S[C@H](C)c3nc(-c4ccco4)no3)nnc2N2CCCC2)cc1. The van der Waals surface area contributed by atoms with Crippen LogP contribution in [0, 0.1) is 6.92 Å². The van der Waals surface area contributed by atoms with E-state index in [1.54, 1.807) is 24.1 Å². The molecule has 1 saturated heterocycles. The molecule has 5 rings (SSSR count). The van der Waals surface area contributed by atoms with E-state index in [1.165, 1.54) is 18.4 Å². The number of nitrogens with zero attached hydrogens (tertiary/aromatic N) is 6. The van der Waals surface area contributed by atoms with Gasteiger partial charge in [0.15, 0.2) is 10.9 Å². The molecule has 0 saturated carbocycles. The van der Waals surface area contributed by atoms with Gasteiger partial charge >= 0.3 is 0 Å². The van der Waals surface area contributed by atoms with Gasteiger partial charge in [0.05, 0.1) is 17.2 Å². The van der Waals surface area contributed by atoms with Crippen LogP contribution in [-0.2, 0) is 0 Å². The molecule has 0 unspecified atom stereocenters. The summed E-state index contributed by atoms with van der Waals surface area (Å²) in [5.74, 6) is 2.43. The van der Waals surface area contributed by atoms with Crippen molar-refractivity contribution in [3.63, 3.8) is 0 Å². The van der Waals surface area contributed by atoms with Crippen molar-refractivity contribution in [2.45, 2.75) is 37.1 Å². The van der Waals surface area contributed by atoms with E-state index in [0.29, 0.717) is 17.5 Å². The van der Waals surface area contributed by atoms with Crippen LogP contribution in [0.5, 0.6) is 0 Å². The van der Waals surface area contributed by atoms with Gasteiger partial charge in [0.25, 0.3) is 0 Å². The van der Waals surface area contributed by atoms with Crippen molar-refractivity contribution in [2.24, 2.45) is 0 Å². The van der Waals surface area contributed by atoms with Crippen molar-refractivity contribution in [1.82, 2.24) is 24.9 Å². The summed E-state index contributed by atoms with van der Waals surface area (Å²) in [6, 6.07) is 12.0. The lowest BCUT2D eigenvalue weighted by Crippen LogP contribution is -2.22. The van der Waals surface area contributed by atoms with Crippen molar-refractivity contribution < 1.29 is 8.94 Å². The second-order valence-electron chi connectivity index (χ2n) is 7.34. The van der Waals surface area contributed by atoms with Crippen LogP contribution in [0.25, 0.3) is 17.3 Å². The zero-order valence-electron chi connectivity index (χ0n) is 16.9. The van der Waals surface area contributed by atoms with Crippen LogP contribution >= 0.6 is 11.8 Å². The van der Waals surface area contributed by atoms with Crippen LogP contribution in [0.3, 0.4) is 0 Å². The van der Waals surface area contributed by atoms with Crippen LogP contribution in [-0.4, -0.2) is 38.0 Å². The fourth-order valence-corrected chi connectivity index (χ4v) is 4.39. The quantitative estimate of drug-likeness (QED) is 0.414. The first-order valence-corrected chi connectivity index (χ1v) is 10.9. The summed E-state index contributed by atoms with van der Waals surface area (Å²) in [5.41, 5.74) is 2.26. The largest absolute Gasteiger partial charge is 0.461 e. The first-order valence-electron chi connectivity index (χ1n) is 10.0. The number of hydrogen-bond donors (Lipinski definition) is 0. The third-order valence-corrected chi connectivity index (χ3v) is 6.14. The molecule has 0 radical (unpaired) electrons. The summed E-state index contributed by atoms with van der Waals surface area (Å²) in [7, 11) is 0. The minimum atomic E-state index is -0.0963. The van der Waals surface area contributed by atoms with E-state index < -0.39 is 0 Å². The molecule has 154 valence electrons. The second kappa shape index (κ2) is 7.98. The number of anilines is 1. The molecular formula is C21H22N6O2S. The van der Waals surface area contributed by atoms with E-state index in [2.05, 4.69) is 61.0 Å². The highest BCUT2D eigenvalue weighted by atomic mass is 32.2. The second-order valence-corrected chi connectivity index (χ2v) is 8.65. The Bertz CT molecular complexity index is 1110. The fourth-order valence-electron chi connectivity index (χ4n) is 3.50. The Labute approximate surface area is 178 Å². The van der Waals surface area contributed by atoms with E-state index in [0.717, 1.165) is 29.9 Å². The molecule has 0 aliphatic carbocycles.